The summed E-state index contributed by atoms with van der Waals surface area (Å²) in [5.74, 6) is 0.0565. The number of esters is 1. The normalized spacial score (nSPS) is 9.79. The number of aromatic nitrogens is 1. The standard InChI is InChI=1S/C10H14N2O2/c1-2-3-6-14-10(13)8-4-5-9(11)12-7-8/h4-5,7H,2-3,6H2,1H3,(H2,11,12). The highest BCUT2D eigenvalue weighted by Gasteiger charge is 2.06. The van der Waals surface area contributed by atoms with Crippen LogP contribution in [0.3, 0.4) is 0 Å². The van der Waals surface area contributed by atoms with E-state index in [-0.39, 0.29) is 5.97 Å². The smallest absolute Gasteiger partial charge is 0.339 e. The number of nitrogens with zero attached hydrogens (tertiary/aromatic N) is 1. The molecule has 14 heavy (non-hydrogen) atoms. The van der Waals surface area contributed by atoms with Crippen molar-refractivity contribution >= 4 is 11.8 Å². The van der Waals surface area contributed by atoms with Crippen molar-refractivity contribution in [2.24, 2.45) is 0 Å². The minimum absolute atomic E-state index is 0.342. The monoisotopic (exact) mass is 194 g/mol. The first-order valence-corrected chi connectivity index (χ1v) is 4.62. The number of hydrogen-bond acceptors (Lipinski definition) is 4. The van der Waals surface area contributed by atoms with Gasteiger partial charge in [0.1, 0.15) is 5.82 Å². The number of ether oxygens (including phenoxy) is 1. The lowest BCUT2D eigenvalue weighted by Gasteiger charge is -2.03. The lowest BCUT2D eigenvalue weighted by molar-refractivity contribution is 0.0499. The molecule has 2 N–H and O–H groups in total. The van der Waals surface area contributed by atoms with E-state index in [0.717, 1.165) is 12.8 Å². The largest absolute Gasteiger partial charge is 0.462 e. The molecule has 0 aromatic carbocycles. The molecule has 0 saturated carbocycles. The second-order valence-corrected chi connectivity index (χ2v) is 2.96. The van der Waals surface area contributed by atoms with Crippen LogP contribution < -0.4 is 5.73 Å². The molecule has 4 heteroatoms. The summed E-state index contributed by atoms with van der Waals surface area (Å²) < 4.78 is 4.99. The second kappa shape index (κ2) is 5.21. The van der Waals surface area contributed by atoms with Gasteiger partial charge in [0.05, 0.1) is 12.2 Å². The van der Waals surface area contributed by atoms with E-state index in [0.29, 0.717) is 18.0 Å². The Morgan fingerprint density at radius 1 is 1.57 bits per heavy atom. The molecular weight excluding hydrogens is 180 g/mol. The summed E-state index contributed by atoms with van der Waals surface area (Å²) in [6.07, 6.45) is 3.31. The summed E-state index contributed by atoms with van der Waals surface area (Å²) in [6.45, 7) is 2.50. The van der Waals surface area contributed by atoms with Crippen molar-refractivity contribution in [2.75, 3.05) is 12.3 Å². The zero-order valence-electron chi connectivity index (χ0n) is 8.19. The SMILES string of the molecule is CCCCOC(=O)c1ccc(N)nc1. The number of hydrogen-bond donors (Lipinski definition) is 1. The number of carbonyl (C=O) groups is 1. The molecule has 76 valence electrons. The number of rotatable bonds is 4. The summed E-state index contributed by atoms with van der Waals surface area (Å²) in [5.41, 5.74) is 5.83. The Kier molecular flexibility index (Phi) is 3.91. The van der Waals surface area contributed by atoms with Gasteiger partial charge in [0.25, 0.3) is 0 Å². The van der Waals surface area contributed by atoms with Crippen LogP contribution in [0.4, 0.5) is 5.82 Å². The zero-order chi connectivity index (χ0) is 10.4. The molecule has 0 spiro atoms. The predicted molar refractivity (Wildman–Crippen MR) is 53.8 cm³/mol. The van der Waals surface area contributed by atoms with Crippen molar-refractivity contribution < 1.29 is 9.53 Å². The molecule has 0 saturated heterocycles. The van der Waals surface area contributed by atoms with E-state index in [4.69, 9.17) is 10.5 Å². The summed E-state index contributed by atoms with van der Waals surface area (Å²) >= 11 is 0. The van der Waals surface area contributed by atoms with Crippen LogP contribution in [0.5, 0.6) is 0 Å². The van der Waals surface area contributed by atoms with E-state index < -0.39 is 0 Å². The molecule has 1 aromatic heterocycles. The third-order valence-corrected chi connectivity index (χ3v) is 1.75. The van der Waals surface area contributed by atoms with E-state index in [1.54, 1.807) is 12.1 Å². The van der Waals surface area contributed by atoms with Crippen molar-refractivity contribution in [3.05, 3.63) is 23.9 Å². The van der Waals surface area contributed by atoms with Crippen LogP contribution in [-0.2, 0) is 4.74 Å². The average Bonchev–Trinajstić information content (AvgIpc) is 2.19. The molecule has 0 bridgehead atoms. The molecule has 0 unspecified atom stereocenters. The average molecular weight is 194 g/mol. The van der Waals surface area contributed by atoms with Gasteiger partial charge >= 0.3 is 5.97 Å². The minimum atomic E-state index is -0.342. The molecular formula is C10H14N2O2. The van der Waals surface area contributed by atoms with Gasteiger partial charge in [-0.15, -0.1) is 0 Å². The highest BCUT2D eigenvalue weighted by Crippen LogP contribution is 2.03. The maximum absolute atomic E-state index is 11.3. The van der Waals surface area contributed by atoms with Crippen molar-refractivity contribution in [3.8, 4) is 0 Å². The summed E-state index contributed by atoms with van der Waals surface area (Å²) in [7, 11) is 0. The molecule has 0 aliphatic rings. The summed E-state index contributed by atoms with van der Waals surface area (Å²) in [5, 5.41) is 0. The minimum Gasteiger partial charge on any atom is -0.462 e. The highest BCUT2D eigenvalue weighted by molar-refractivity contribution is 5.89. The zero-order valence-corrected chi connectivity index (χ0v) is 8.19. The molecule has 1 aromatic rings. The third-order valence-electron chi connectivity index (χ3n) is 1.75. The van der Waals surface area contributed by atoms with Gasteiger partial charge in [-0.05, 0) is 18.6 Å². The number of carbonyl (C=O) groups excluding carboxylic acids is 1. The molecule has 1 rings (SSSR count). The fraction of sp³-hybridized carbons (Fsp3) is 0.400. The predicted octanol–water partition coefficient (Wildman–Crippen LogP) is 1.62. The molecule has 1 heterocycles. The fourth-order valence-corrected chi connectivity index (χ4v) is 0.919. The van der Waals surface area contributed by atoms with E-state index in [2.05, 4.69) is 4.98 Å². The van der Waals surface area contributed by atoms with Crippen molar-refractivity contribution in [1.82, 2.24) is 4.98 Å². The topological polar surface area (TPSA) is 65.2 Å². The van der Waals surface area contributed by atoms with Crippen molar-refractivity contribution in [3.63, 3.8) is 0 Å². The first-order chi connectivity index (χ1) is 6.74. The molecule has 0 fully saturated rings. The lowest BCUT2D eigenvalue weighted by Crippen LogP contribution is -2.07. The lowest BCUT2D eigenvalue weighted by atomic mass is 10.3. The first kappa shape index (κ1) is 10.5. The Morgan fingerprint density at radius 3 is 2.93 bits per heavy atom. The number of nitrogen functional groups attached to an aromatic ring is 1. The summed E-state index contributed by atoms with van der Waals surface area (Å²) in [4.78, 5) is 15.1. The fourth-order valence-electron chi connectivity index (χ4n) is 0.919. The Bertz CT molecular complexity index is 295. The molecule has 0 aliphatic heterocycles. The van der Waals surface area contributed by atoms with Gasteiger partial charge in [-0.25, -0.2) is 9.78 Å². The Morgan fingerprint density at radius 2 is 2.36 bits per heavy atom. The van der Waals surface area contributed by atoms with Crippen molar-refractivity contribution in [2.45, 2.75) is 19.8 Å². The van der Waals surface area contributed by atoms with Crippen LogP contribution in [0.1, 0.15) is 30.1 Å². The number of pyridine rings is 1. The van der Waals surface area contributed by atoms with Crippen LogP contribution in [0.2, 0.25) is 0 Å². The van der Waals surface area contributed by atoms with Gasteiger partial charge in [0.2, 0.25) is 0 Å². The Hall–Kier alpha value is -1.58. The summed E-state index contributed by atoms with van der Waals surface area (Å²) in [6, 6.07) is 3.19. The number of nitrogens with two attached hydrogens (primary N) is 1. The number of anilines is 1. The molecule has 0 amide bonds. The molecule has 0 atom stereocenters. The van der Waals surface area contributed by atoms with Gasteiger partial charge in [0.15, 0.2) is 0 Å². The van der Waals surface area contributed by atoms with E-state index in [1.165, 1.54) is 6.20 Å². The van der Waals surface area contributed by atoms with Crippen LogP contribution in [0.15, 0.2) is 18.3 Å². The van der Waals surface area contributed by atoms with Gasteiger partial charge in [-0.1, -0.05) is 13.3 Å². The van der Waals surface area contributed by atoms with Gasteiger partial charge < -0.3 is 10.5 Å². The maximum atomic E-state index is 11.3. The first-order valence-electron chi connectivity index (χ1n) is 4.62. The molecule has 0 radical (unpaired) electrons. The van der Waals surface area contributed by atoms with E-state index in [9.17, 15) is 4.79 Å². The van der Waals surface area contributed by atoms with Crippen LogP contribution in [0.25, 0.3) is 0 Å². The van der Waals surface area contributed by atoms with E-state index >= 15 is 0 Å². The maximum Gasteiger partial charge on any atom is 0.339 e. The van der Waals surface area contributed by atoms with E-state index in [1.807, 2.05) is 6.92 Å². The van der Waals surface area contributed by atoms with Crippen molar-refractivity contribution in [1.29, 1.82) is 0 Å². The van der Waals surface area contributed by atoms with Crippen LogP contribution in [-0.4, -0.2) is 17.6 Å². The number of unbranched alkanes of at least 4 members (excludes halogenated alkanes) is 1. The molecule has 4 nitrogen and oxygen atoms in total. The Balaban J connectivity index is 2.48. The second-order valence-electron chi connectivity index (χ2n) is 2.96. The van der Waals surface area contributed by atoms with Crippen LogP contribution >= 0.6 is 0 Å². The van der Waals surface area contributed by atoms with Gasteiger partial charge in [0, 0.05) is 6.20 Å². The highest BCUT2D eigenvalue weighted by atomic mass is 16.5. The third kappa shape index (κ3) is 3.05. The quantitative estimate of drug-likeness (QED) is 0.584. The molecule has 0 aliphatic carbocycles. The van der Waals surface area contributed by atoms with Gasteiger partial charge in [-0.2, -0.15) is 0 Å². The van der Waals surface area contributed by atoms with Crippen LogP contribution in [0, 0.1) is 0 Å². The van der Waals surface area contributed by atoms with Gasteiger partial charge in [-0.3, -0.25) is 0 Å². The Labute approximate surface area is 83.1 Å².